The lowest BCUT2D eigenvalue weighted by molar-refractivity contribution is 0.528. The molecule has 0 bridgehead atoms. The van der Waals surface area contributed by atoms with Crippen molar-refractivity contribution in [3.63, 3.8) is 0 Å². The number of fused-ring (bicyclic) bond motifs is 1. The third-order valence-corrected chi connectivity index (χ3v) is 5.84. The van der Waals surface area contributed by atoms with Gasteiger partial charge in [-0.2, -0.15) is 0 Å². The number of nitrogens with one attached hydrogen (secondary N) is 3. The second-order valence-electron chi connectivity index (χ2n) is 6.51. The first-order valence-corrected chi connectivity index (χ1v) is 10.7. The summed E-state index contributed by atoms with van der Waals surface area (Å²) in [4.78, 5) is 24.0. The number of aromatic nitrogens is 4. The zero-order valence-corrected chi connectivity index (χ0v) is 17.3. The summed E-state index contributed by atoms with van der Waals surface area (Å²) in [5.74, 6) is 1.17. The molecule has 0 spiro atoms. The summed E-state index contributed by atoms with van der Waals surface area (Å²) >= 11 is 0. The van der Waals surface area contributed by atoms with Gasteiger partial charge in [-0.25, -0.2) is 32.9 Å². The number of hydrogen-bond acceptors (Lipinski definition) is 9. The van der Waals surface area contributed by atoms with Gasteiger partial charge in [-0.15, -0.1) is 0 Å². The van der Waals surface area contributed by atoms with Gasteiger partial charge in [0.25, 0.3) is 0 Å². The fourth-order valence-electron chi connectivity index (χ4n) is 2.82. The Kier molecular flexibility index (Phi) is 5.64. The van der Waals surface area contributed by atoms with Crippen LogP contribution in [-0.2, 0) is 17.1 Å². The van der Waals surface area contributed by atoms with Crippen molar-refractivity contribution >= 4 is 38.6 Å². The van der Waals surface area contributed by atoms with Gasteiger partial charge >= 0.3 is 5.76 Å². The predicted molar refractivity (Wildman–Crippen MR) is 115 cm³/mol. The summed E-state index contributed by atoms with van der Waals surface area (Å²) in [6, 6.07) is 11.4. The SMILES string of the molecule is Cn1c(=O)oc2ccc(S(=O)(=O)NCCNc3cc(Nc4ccccn4)ncn3)cc21. The van der Waals surface area contributed by atoms with Gasteiger partial charge in [0.1, 0.15) is 23.8 Å². The number of anilines is 3. The lowest BCUT2D eigenvalue weighted by Gasteiger charge is -2.10. The van der Waals surface area contributed by atoms with Crippen LogP contribution in [-0.4, -0.2) is 41.0 Å². The van der Waals surface area contributed by atoms with Crippen molar-refractivity contribution in [2.75, 3.05) is 23.7 Å². The fraction of sp³-hybridized carbons (Fsp3) is 0.158. The highest BCUT2D eigenvalue weighted by molar-refractivity contribution is 7.89. The Labute approximate surface area is 177 Å². The van der Waals surface area contributed by atoms with E-state index in [1.54, 1.807) is 12.3 Å². The average molecular weight is 441 g/mol. The first kappa shape index (κ1) is 20.5. The molecule has 1 aromatic carbocycles. The number of sulfonamides is 1. The Hall–Kier alpha value is -3.77. The van der Waals surface area contributed by atoms with Crippen LogP contribution in [0, 0.1) is 0 Å². The molecule has 0 aliphatic heterocycles. The molecule has 3 heterocycles. The molecule has 0 unspecified atom stereocenters. The van der Waals surface area contributed by atoms with Gasteiger partial charge in [0, 0.05) is 32.4 Å². The molecule has 0 amide bonds. The molecule has 11 nitrogen and oxygen atoms in total. The largest absolute Gasteiger partial charge is 0.419 e. The van der Waals surface area contributed by atoms with E-state index in [2.05, 4.69) is 30.3 Å². The summed E-state index contributed by atoms with van der Waals surface area (Å²) in [5.41, 5.74) is 0.729. The molecule has 160 valence electrons. The van der Waals surface area contributed by atoms with Crippen LogP contribution in [0.5, 0.6) is 0 Å². The zero-order valence-electron chi connectivity index (χ0n) is 16.4. The van der Waals surface area contributed by atoms with E-state index in [1.807, 2.05) is 18.2 Å². The molecule has 4 aromatic rings. The maximum absolute atomic E-state index is 12.6. The number of oxazole rings is 1. The highest BCUT2D eigenvalue weighted by atomic mass is 32.2. The molecular weight excluding hydrogens is 422 g/mol. The van der Waals surface area contributed by atoms with Crippen molar-refractivity contribution in [1.82, 2.24) is 24.2 Å². The standard InChI is InChI=1S/C19H19N7O4S/c1-26-14-10-13(5-6-15(14)30-19(26)27)31(28,29)24-9-8-21-17-11-18(23-12-22-17)25-16-4-2-3-7-20-16/h2-7,10-12,24H,8-9H2,1H3,(H2,20,21,22,23,25). The first-order chi connectivity index (χ1) is 14.9. The Balaban J connectivity index is 1.35. The molecule has 0 fully saturated rings. The van der Waals surface area contributed by atoms with Crippen molar-refractivity contribution in [3.8, 4) is 0 Å². The van der Waals surface area contributed by atoms with Gasteiger partial charge in [-0.05, 0) is 30.3 Å². The minimum absolute atomic E-state index is 0.0419. The van der Waals surface area contributed by atoms with E-state index in [-0.39, 0.29) is 11.4 Å². The minimum atomic E-state index is -3.76. The summed E-state index contributed by atoms with van der Waals surface area (Å²) in [7, 11) is -2.25. The Morgan fingerprint density at radius 3 is 2.65 bits per heavy atom. The molecule has 0 radical (unpaired) electrons. The van der Waals surface area contributed by atoms with E-state index < -0.39 is 15.8 Å². The molecule has 31 heavy (non-hydrogen) atoms. The van der Waals surface area contributed by atoms with Crippen molar-refractivity contribution in [3.05, 3.63) is 65.5 Å². The van der Waals surface area contributed by atoms with Crippen LogP contribution < -0.4 is 21.1 Å². The Bertz CT molecular complexity index is 1370. The quantitative estimate of drug-likeness (QED) is 0.346. The third-order valence-electron chi connectivity index (χ3n) is 4.38. The molecule has 4 rings (SSSR count). The normalized spacial score (nSPS) is 11.5. The van der Waals surface area contributed by atoms with E-state index >= 15 is 0 Å². The second-order valence-corrected chi connectivity index (χ2v) is 8.28. The molecule has 12 heteroatoms. The Morgan fingerprint density at radius 1 is 1.00 bits per heavy atom. The van der Waals surface area contributed by atoms with E-state index in [0.717, 1.165) is 0 Å². The van der Waals surface area contributed by atoms with Crippen molar-refractivity contribution in [2.45, 2.75) is 4.90 Å². The van der Waals surface area contributed by atoms with Crippen LogP contribution in [0.25, 0.3) is 11.1 Å². The molecule has 3 N–H and O–H groups in total. The summed E-state index contributed by atoms with van der Waals surface area (Å²) in [6.45, 7) is 0.420. The van der Waals surface area contributed by atoms with Crippen molar-refractivity contribution in [1.29, 1.82) is 0 Å². The predicted octanol–water partition coefficient (Wildman–Crippen LogP) is 1.45. The van der Waals surface area contributed by atoms with Crippen molar-refractivity contribution < 1.29 is 12.8 Å². The molecular formula is C19H19N7O4S. The molecule has 0 saturated carbocycles. The van der Waals surface area contributed by atoms with Gasteiger partial charge in [-0.1, -0.05) is 6.07 Å². The highest BCUT2D eigenvalue weighted by Crippen LogP contribution is 2.18. The number of pyridine rings is 1. The fourth-order valence-corrected chi connectivity index (χ4v) is 3.87. The lowest BCUT2D eigenvalue weighted by atomic mass is 10.3. The maximum atomic E-state index is 12.6. The van der Waals surface area contributed by atoms with E-state index in [1.165, 1.54) is 36.1 Å². The van der Waals surface area contributed by atoms with E-state index in [9.17, 15) is 13.2 Å². The van der Waals surface area contributed by atoms with Crippen LogP contribution in [0.3, 0.4) is 0 Å². The smallest absolute Gasteiger partial charge is 0.408 e. The van der Waals surface area contributed by atoms with Crippen LogP contribution in [0.4, 0.5) is 17.5 Å². The van der Waals surface area contributed by atoms with Crippen LogP contribution in [0.1, 0.15) is 0 Å². The zero-order chi connectivity index (χ0) is 21.8. The van der Waals surface area contributed by atoms with E-state index in [0.29, 0.717) is 35.1 Å². The van der Waals surface area contributed by atoms with Crippen LogP contribution >= 0.6 is 0 Å². The number of hydrogen-bond donors (Lipinski definition) is 3. The molecule has 3 aromatic heterocycles. The number of benzene rings is 1. The maximum Gasteiger partial charge on any atom is 0.419 e. The molecule has 0 aliphatic carbocycles. The molecule has 0 atom stereocenters. The molecule has 0 aliphatic rings. The van der Waals surface area contributed by atoms with E-state index in [4.69, 9.17) is 4.42 Å². The monoisotopic (exact) mass is 441 g/mol. The summed E-state index contributed by atoms with van der Waals surface area (Å²) in [6.07, 6.45) is 3.06. The van der Waals surface area contributed by atoms with Crippen molar-refractivity contribution in [2.24, 2.45) is 7.05 Å². The van der Waals surface area contributed by atoms with Gasteiger partial charge in [0.15, 0.2) is 5.58 Å². The van der Waals surface area contributed by atoms with Gasteiger partial charge < -0.3 is 15.1 Å². The Morgan fingerprint density at radius 2 is 1.84 bits per heavy atom. The number of nitrogens with zero attached hydrogens (tertiary/aromatic N) is 4. The minimum Gasteiger partial charge on any atom is -0.408 e. The topological polar surface area (TPSA) is 144 Å². The highest BCUT2D eigenvalue weighted by Gasteiger charge is 2.16. The first-order valence-electron chi connectivity index (χ1n) is 9.25. The average Bonchev–Trinajstić information content (AvgIpc) is 3.05. The second kappa shape index (κ2) is 8.53. The van der Waals surface area contributed by atoms with Gasteiger partial charge in [0.2, 0.25) is 10.0 Å². The van der Waals surface area contributed by atoms with Gasteiger partial charge in [-0.3, -0.25) is 4.57 Å². The summed E-state index contributed by atoms with van der Waals surface area (Å²) < 4.78 is 33.9. The summed E-state index contributed by atoms with van der Waals surface area (Å²) in [5, 5.41) is 6.09. The number of rotatable bonds is 8. The van der Waals surface area contributed by atoms with Crippen LogP contribution in [0.2, 0.25) is 0 Å². The van der Waals surface area contributed by atoms with Crippen LogP contribution in [0.15, 0.2) is 69.1 Å². The third kappa shape index (κ3) is 4.70. The number of aryl methyl sites for hydroxylation is 1. The van der Waals surface area contributed by atoms with Gasteiger partial charge in [0.05, 0.1) is 10.4 Å². The lowest BCUT2D eigenvalue weighted by Crippen LogP contribution is -2.29. The molecule has 0 saturated heterocycles.